The van der Waals surface area contributed by atoms with Gasteiger partial charge in [-0.25, -0.2) is 4.79 Å². The number of aromatic carboxylic acids is 1. The third kappa shape index (κ3) is 2.47. The summed E-state index contributed by atoms with van der Waals surface area (Å²) in [7, 11) is 0. The van der Waals surface area contributed by atoms with Gasteiger partial charge in [-0.2, -0.15) is 0 Å². The van der Waals surface area contributed by atoms with E-state index in [1.165, 1.54) is 6.07 Å². The van der Waals surface area contributed by atoms with Crippen LogP contribution in [-0.4, -0.2) is 17.0 Å². The highest BCUT2D eigenvalue weighted by atomic mass is 16.4. The van der Waals surface area contributed by atoms with Crippen molar-refractivity contribution >= 4 is 11.9 Å². The highest BCUT2D eigenvalue weighted by Gasteiger charge is 2.19. The zero-order valence-corrected chi connectivity index (χ0v) is 10.4. The first-order valence-corrected chi connectivity index (χ1v) is 5.74. The van der Waals surface area contributed by atoms with Crippen molar-refractivity contribution in [2.24, 2.45) is 5.73 Å². The van der Waals surface area contributed by atoms with Crippen LogP contribution in [0.3, 0.4) is 0 Å². The molecule has 0 saturated heterocycles. The van der Waals surface area contributed by atoms with E-state index < -0.39 is 11.9 Å². The van der Waals surface area contributed by atoms with Crippen molar-refractivity contribution < 1.29 is 14.7 Å². The predicted molar refractivity (Wildman–Crippen MR) is 72.1 cm³/mol. The summed E-state index contributed by atoms with van der Waals surface area (Å²) in [4.78, 5) is 22.7. The first kappa shape index (κ1) is 12.8. The van der Waals surface area contributed by atoms with Gasteiger partial charge in [-0.05, 0) is 24.1 Å². The minimum Gasteiger partial charge on any atom is -0.478 e. The van der Waals surface area contributed by atoms with Crippen LogP contribution in [0.25, 0.3) is 11.1 Å². The number of hydrogen-bond donors (Lipinski definition) is 2. The number of carboxylic acid groups (broad SMARTS) is 1. The Hall–Kier alpha value is -2.62. The summed E-state index contributed by atoms with van der Waals surface area (Å²) in [6, 6.07) is 12.2. The topological polar surface area (TPSA) is 80.4 Å². The lowest BCUT2D eigenvalue weighted by atomic mass is 9.94. The van der Waals surface area contributed by atoms with Crippen molar-refractivity contribution in [2.45, 2.75) is 6.92 Å². The average Bonchev–Trinajstić information content (AvgIpc) is 2.37. The zero-order chi connectivity index (χ0) is 14.0. The van der Waals surface area contributed by atoms with E-state index in [2.05, 4.69) is 0 Å². The summed E-state index contributed by atoms with van der Waals surface area (Å²) in [5.74, 6) is -1.90. The minimum atomic E-state index is -1.16. The van der Waals surface area contributed by atoms with E-state index in [4.69, 9.17) is 10.8 Å². The molecule has 96 valence electrons. The number of rotatable bonds is 3. The predicted octanol–water partition coefficient (Wildman–Crippen LogP) is 2.46. The number of carbonyl (C=O) groups excluding carboxylic acids is 1. The van der Waals surface area contributed by atoms with Gasteiger partial charge in [0.25, 0.3) is 0 Å². The molecular formula is C15H13NO3. The van der Waals surface area contributed by atoms with Crippen LogP contribution in [0.2, 0.25) is 0 Å². The maximum atomic E-state index is 11.6. The molecular weight excluding hydrogens is 242 g/mol. The van der Waals surface area contributed by atoms with Crippen LogP contribution < -0.4 is 5.73 Å². The molecule has 0 aliphatic heterocycles. The molecule has 0 unspecified atom stereocenters. The van der Waals surface area contributed by atoms with Crippen molar-refractivity contribution in [2.75, 3.05) is 0 Å². The second kappa shape index (κ2) is 4.94. The maximum Gasteiger partial charge on any atom is 0.336 e. The molecule has 19 heavy (non-hydrogen) atoms. The lowest BCUT2D eigenvalue weighted by Gasteiger charge is -2.10. The first-order chi connectivity index (χ1) is 9.00. The standard InChI is InChI=1S/C15H13NO3/c1-9-4-2-5-10(8-9)11-6-3-7-12(15(18)19)13(11)14(16)17/h2-8H,1H3,(H2,16,17)(H,18,19). The summed E-state index contributed by atoms with van der Waals surface area (Å²) in [6.45, 7) is 1.93. The summed E-state index contributed by atoms with van der Waals surface area (Å²) in [6.07, 6.45) is 0. The number of benzene rings is 2. The fourth-order valence-electron chi connectivity index (χ4n) is 2.05. The monoisotopic (exact) mass is 255 g/mol. The highest BCUT2D eigenvalue weighted by molar-refractivity contribution is 6.08. The second-order valence-electron chi connectivity index (χ2n) is 4.27. The van der Waals surface area contributed by atoms with Crippen LogP contribution >= 0.6 is 0 Å². The quantitative estimate of drug-likeness (QED) is 0.884. The van der Waals surface area contributed by atoms with Crippen molar-refractivity contribution in [3.63, 3.8) is 0 Å². The fourth-order valence-corrected chi connectivity index (χ4v) is 2.05. The number of carboxylic acids is 1. The van der Waals surface area contributed by atoms with Crippen LogP contribution in [-0.2, 0) is 0 Å². The molecule has 2 aromatic carbocycles. The molecule has 0 aromatic heterocycles. The van der Waals surface area contributed by atoms with E-state index in [0.29, 0.717) is 5.56 Å². The van der Waals surface area contributed by atoms with E-state index in [1.54, 1.807) is 12.1 Å². The summed E-state index contributed by atoms with van der Waals surface area (Å²) >= 11 is 0. The van der Waals surface area contributed by atoms with Gasteiger partial charge in [0.05, 0.1) is 11.1 Å². The number of amides is 1. The van der Waals surface area contributed by atoms with Gasteiger partial charge < -0.3 is 10.8 Å². The molecule has 0 heterocycles. The van der Waals surface area contributed by atoms with E-state index in [9.17, 15) is 9.59 Å². The normalized spacial score (nSPS) is 10.2. The SMILES string of the molecule is Cc1cccc(-c2cccc(C(=O)O)c2C(N)=O)c1. The lowest BCUT2D eigenvalue weighted by Crippen LogP contribution is -2.17. The van der Waals surface area contributed by atoms with Gasteiger partial charge in [0.1, 0.15) is 0 Å². The van der Waals surface area contributed by atoms with Crippen LogP contribution in [0.1, 0.15) is 26.3 Å². The van der Waals surface area contributed by atoms with E-state index >= 15 is 0 Å². The van der Waals surface area contributed by atoms with Gasteiger partial charge in [0.2, 0.25) is 5.91 Å². The number of aryl methyl sites for hydroxylation is 1. The van der Waals surface area contributed by atoms with Crippen molar-refractivity contribution in [3.05, 3.63) is 59.2 Å². The van der Waals surface area contributed by atoms with Crippen molar-refractivity contribution in [1.82, 2.24) is 0 Å². The maximum absolute atomic E-state index is 11.6. The number of primary amides is 1. The Morgan fingerprint density at radius 2 is 1.79 bits per heavy atom. The molecule has 2 rings (SSSR count). The van der Waals surface area contributed by atoms with Gasteiger partial charge in [0.15, 0.2) is 0 Å². The molecule has 0 bridgehead atoms. The Kier molecular flexibility index (Phi) is 3.33. The number of hydrogen-bond acceptors (Lipinski definition) is 2. The van der Waals surface area contributed by atoms with Crippen molar-refractivity contribution in [3.8, 4) is 11.1 Å². The Balaban J connectivity index is 2.73. The minimum absolute atomic E-state index is 0.0422. The summed E-state index contributed by atoms with van der Waals surface area (Å²) in [5.41, 5.74) is 7.63. The molecule has 4 nitrogen and oxygen atoms in total. The molecule has 3 N–H and O–H groups in total. The van der Waals surface area contributed by atoms with Gasteiger partial charge in [-0.1, -0.05) is 42.0 Å². The molecule has 0 aliphatic carbocycles. The van der Waals surface area contributed by atoms with Crippen molar-refractivity contribution in [1.29, 1.82) is 0 Å². The van der Waals surface area contributed by atoms with Gasteiger partial charge in [0, 0.05) is 0 Å². The number of carbonyl (C=O) groups is 2. The highest BCUT2D eigenvalue weighted by Crippen LogP contribution is 2.26. The lowest BCUT2D eigenvalue weighted by molar-refractivity contribution is 0.0692. The summed E-state index contributed by atoms with van der Waals surface area (Å²) in [5, 5.41) is 9.13. The van der Waals surface area contributed by atoms with Crippen LogP contribution in [0, 0.1) is 6.92 Å². The van der Waals surface area contributed by atoms with E-state index in [0.717, 1.165) is 11.1 Å². The van der Waals surface area contributed by atoms with E-state index in [1.807, 2.05) is 31.2 Å². The zero-order valence-electron chi connectivity index (χ0n) is 10.4. The average molecular weight is 255 g/mol. The third-order valence-electron chi connectivity index (χ3n) is 2.87. The molecule has 4 heteroatoms. The molecule has 0 aliphatic rings. The Morgan fingerprint density at radius 3 is 2.37 bits per heavy atom. The molecule has 0 spiro atoms. The smallest absolute Gasteiger partial charge is 0.336 e. The van der Waals surface area contributed by atoms with Gasteiger partial charge in [-0.15, -0.1) is 0 Å². The van der Waals surface area contributed by atoms with Gasteiger partial charge in [-0.3, -0.25) is 4.79 Å². The van der Waals surface area contributed by atoms with E-state index in [-0.39, 0.29) is 11.1 Å². The third-order valence-corrected chi connectivity index (χ3v) is 2.87. The molecule has 0 fully saturated rings. The molecule has 2 aromatic rings. The molecule has 0 radical (unpaired) electrons. The molecule has 0 atom stereocenters. The first-order valence-electron chi connectivity index (χ1n) is 5.74. The Bertz CT molecular complexity index is 662. The van der Waals surface area contributed by atoms with Gasteiger partial charge >= 0.3 is 5.97 Å². The second-order valence-corrected chi connectivity index (χ2v) is 4.27. The van der Waals surface area contributed by atoms with Crippen LogP contribution in [0.4, 0.5) is 0 Å². The Morgan fingerprint density at radius 1 is 1.11 bits per heavy atom. The summed E-state index contributed by atoms with van der Waals surface area (Å²) < 4.78 is 0. The number of nitrogens with two attached hydrogens (primary N) is 1. The van der Waals surface area contributed by atoms with Crippen LogP contribution in [0.15, 0.2) is 42.5 Å². The molecule has 0 saturated carbocycles. The Labute approximate surface area is 110 Å². The molecule has 1 amide bonds. The fraction of sp³-hybridized carbons (Fsp3) is 0.0667. The van der Waals surface area contributed by atoms with Crippen LogP contribution in [0.5, 0.6) is 0 Å². The largest absolute Gasteiger partial charge is 0.478 e.